The first kappa shape index (κ1) is 13.9. The highest BCUT2D eigenvalue weighted by Gasteiger charge is 2.18. The molecule has 0 spiro atoms. The van der Waals surface area contributed by atoms with Crippen molar-refractivity contribution in [2.75, 3.05) is 5.32 Å². The molecule has 2 aromatic rings. The van der Waals surface area contributed by atoms with Crippen molar-refractivity contribution in [2.45, 2.75) is 20.4 Å². The smallest absolute Gasteiger partial charge is 0.278 e. The number of aryl methyl sites for hydroxylation is 1. The number of aromatic nitrogens is 1. The van der Waals surface area contributed by atoms with Crippen LogP contribution in [0.4, 0.5) is 15.8 Å². The molecule has 0 unspecified atom stereocenters. The Labute approximate surface area is 115 Å². The van der Waals surface area contributed by atoms with Gasteiger partial charge in [-0.3, -0.25) is 15.1 Å². The van der Waals surface area contributed by atoms with Crippen LogP contribution >= 0.6 is 0 Å². The Bertz CT molecular complexity index is 659. The van der Waals surface area contributed by atoms with Crippen molar-refractivity contribution >= 4 is 11.4 Å². The van der Waals surface area contributed by atoms with Gasteiger partial charge in [-0.1, -0.05) is 6.07 Å². The van der Waals surface area contributed by atoms with E-state index in [0.717, 1.165) is 0 Å². The van der Waals surface area contributed by atoms with Gasteiger partial charge >= 0.3 is 0 Å². The summed E-state index contributed by atoms with van der Waals surface area (Å²) in [5.41, 5.74) is 2.32. The monoisotopic (exact) mass is 275 g/mol. The molecule has 20 heavy (non-hydrogen) atoms. The second kappa shape index (κ2) is 5.64. The lowest BCUT2D eigenvalue weighted by atomic mass is 10.1. The molecule has 1 aromatic carbocycles. The van der Waals surface area contributed by atoms with E-state index in [2.05, 4.69) is 10.3 Å². The third-order valence-corrected chi connectivity index (χ3v) is 3.04. The van der Waals surface area contributed by atoms with Crippen molar-refractivity contribution in [1.82, 2.24) is 4.98 Å². The summed E-state index contributed by atoms with van der Waals surface area (Å²) in [4.78, 5) is 14.8. The van der Waals surface area contributed by atoms with E-state index in [-0.39, 0.29) is 11.5 Å². The molecule has 2 rings (SSSR count). The number of anilines is 1. The zero-order chi connectivity index (χ0) is 14.7. The quantitative estimate of drug-likeness (QED) is 0.686. The average molecular weight is 275 g/mol. The second-order valence-corrected chi connectivity index (χ2v) is 4.48. The Kier molecular flexibility index (Phi) is 3.93. The average Bonchev–Trinajstić information content (AvgIpc) is 2.37. The molecular weight excluding hydrogens is 261 g/mol. The van der Waals surface area contributed by atoms with Gasteiger partial charge in [-0.25, -0.2) is 4.39 Å². The minimum Gasteiger partial charge on any atom is -0.379 e. The summed E-state index contributed by atoms with van der Waals surface area (Å²) in [6, 6.07) is 6.03. The van der Waals surface area contributed by atoms with Crippen LogP contribution in [0.3, 0.4) is 0 Å². The van der Waals surface area contributed by atoms with E-state index in [1.54, 1.807) is 26.0 Å². The molecule has 0 radical (unpaired) electrons. The van der Waals surface area contributed by atoms with Crippen LogP contribution in [-0.4, -0.2) is 9.91 Å². The van der Waals surface area contributed by atoms with Crippen molar-refractivity contribution in [3.8, 4) is 0 Å². The highest BCUT2D eigenvalue weighted by Crippen LogP contribution is 2.24. The van der Waals surface area contributed by atoms with Crippen molar-refractivity contribution in [3.63, 3.8) is 0 Å². The highest BCUT2D eigenvalue weighted by atomic mass is 19.1. The molecule has 104 valence electrons. The highest BCUT2D eigenvalue weighted by molar-refractivity contribution is 5.49. The number of benzene rings is 1. The number of nitrogens with one attached hydrogen (secondary N) is 1. The van der Waals surface area contributed by atoms with E-state index in [0.29, 0.717) is 29.1 Å². The van der Waals surface area contributed by atoms with Crippen LogP contribution in [0, 0.1) is 29.8 Å². The molecule has 0 aliphatic rings. The summed E-state index contributed by atoms with van der Waals surface area (Å²) in [6.45, 7) is 3.62. The molecule has 0 saturated heterocycles. The van der Waals surface area contributed by atoms with Gasteiger partial charge in [-0.05, 0) is 32.0 Å². The lowest BCUT2D eigenvalue weighted by Crippen LogP contribution is -2.07. The predicted octanol–water partition coefficient (Wildman–Crippen LogP) is 3.36. The van der Waals surface area contributed by atoms with Gasteiger partial charge in [-0.2, -0.15) is 0 Å². The molecule has 0 amide bonds. The molecule has 0 aliphatic heterocycles. The number of halogens is 1. The van der Waals surface area contributed by atoms with E-state index in [9.17, 15) is 14.5 Å². The Balaban J connectivity index is 2.22. The van der Waals surface area contributed by atoms with Gasteiger partial charge in [-0.15, -0.1) is 0 Å². The number of hydrogen-bond donors (Lipinski definition) is 1. The summed E-state index contributed by atoms with van der Waals surface area (Å²) < 4.78 is 13.1. The van der Waals surface area contributed by atoms with E-state index < -0.39 is 4.92 Å². The second-order valence-electron chi connectivity index (χ2n) is 4.48. The Morgan fingerprint density at radius 2 is 2.15 bits per heavy atom. The van der Waals surface area contributed by atoms with Gasteiger partial charge in [0.05, 0.1) is 22.7 Å². The van der Waals surface area contributed by atoms with Crippen LogP contribution in [-0.2, 0) is 6.54 Å². The molecule has 5 nitrogen and oxygen atoms in total. The number of pyridine rings is 1. The molecule has 0 atom stereocenters. The molecule has 1 N–H and O–H groups in total. The third kappa shape index (κ3) is 2.90. The molecule has 0 aliphatic carbocycles. The van der Waals surface area contributed by atoms with Crippen LogP contribution < -0.4 is 5.32 Å². The van der Waals surface area contributed by atoms with Gasteiger partial charge in [0.25, 0.3) is 5.69 Å². The van der Waals surface area contributed by atoms with Crippen molar-refractivity contribution in [1.29, 1.82) is 0 Å². The first-order valence-electron chi connectivity index (χ1n) is 6.08. The van der Waals surface area contributed by atoms with Crippen LogP contribution in [0.25, 0.3) is 0 Å². The lowest BCUT2D eigenvalue weighted by Gasteiger charge is -2.09. The van der Waals surface area contributed by atoms with E-state index in [1.165, 1.54) is 18.3 Å². The third-order valence-electron chi connectivity index (χ3n) is 3.04. The minimum atomic E-state index is -0.405. The van der Waals surface area contributed by atoms with E-state index in [1.807, 2.05) is 0 Å². The van der Waals surface area contributed by atoms with Gasteiger partial charge in [0.1, 0.15) is 5.82 Å². The van der Waals surface area contributed by atoms with Gasteiger partial charge in [0.15, 0.2) is 0 Å². The predicted molar refractivity (Wildman–Crippen MR) is 74.1 cm³/mol. The van der Waals surface area contributed by atoms with E-state index in [4.69, 9.17) is 0 Å². The van der Waals surface area contributed by atoms with Gasteiger partial charge in [0, 0.05) is 17.4 Å². The van der Waals surface area contributed by atoms with E-state index >= 15 is 0 Å². The topological polar surface area (TPSA) is 68.1 Å². The van der Waals surface area contributed by atoms with Crippen LogP contribution in [0.15, 0.2) is 30.5 Å². The first-order chi connectivity index (χ1) is 9.49. The fourth-order valence-electron chi connectivity index (χ4n) is 2.01. The fraction of sp³-hybridized carbons (Fsp3) is 0.214. The summed E-state index contributed by atoms with van der Waals surface area (Å²) in [5.74, 6) is -0.338. The number of rotatable bonds is 4. The zero-order valence-electron chi connectivity index (χ0n) is 11.2. The SMILES string of the molecule is Cc1cnc(CNc2cccc(F)c2)c(C)c1[N+](=O)[O-]. The Morgan fingerprint density at radius 3 is 2.80 bits per heavy atom. The van der Waals surface area contributed by atoms with Crippen LogP contribution in [0.2, 0.25) is 0 Å². The first-order valence-corrected chi connectivity index (χ1v) is 6.08. The molecular formula is C14H14FN3O2. The minimum absolute atomic E-state index is 0.0797. The number of nitro groups is 1. The zero-order valence-corrected chi connectivity index (χ0v) is 11.2. The largest absolute Gasteiger partial charge is 0.379 e. The maximum absolute atomic E-state index is 13.1. The van der Waals surface area contributed by atoms with Gasteiger partial charge in [0.2, 0.25) is 0 Å². The molecule has 0 saturated carbocycles. The molecule has 1 aromatic heterocycles. The summed E-state index contributed by atoms with van der Waals surface area (Å²) in [6.07, 6.45) is 1.48. The van der Waals surface area contributed by atoms with Crippen molar-refractivity contribution < 1.29 is 9.31 Å². The molecule has 1 heterocycles. The number of hydrogen-bond acceptors (Lipinski definition) is 4. The lowest BCUT2D eigenvalue weighted by molar-refractivity contribution is -0.386. The summed E-state index contributed by atoms with van der Waals surface area (Å²) >= 11 is 0. The Hall–Kier alpha value is -2.50. The summed E-state index contributed by atoms with van der Waals surface area (Å²) in [5, 5.41) is 14.0. The maximum Gasteiger partial charge on any atom is 0.278 e. The Morgan fingerprint density at radius 1 is 1.40 bits per heavy atom. The molecule has 6 heteroatoms. The number of nitrogens with zero attached hydrogens (tertiary/aromatic N) is 2. The maximum atomic E-state index is 13.1. The molecule has 0 fully saturated rings. The standard InChI is InChI=1S/C14H14FN3O2/c1-9-7-17-13(10(2)14(9)18(19)20)8-16-12-5-3-4-11(15)6-12/h3-7,16H,8H2,1-2H3. The van der Waals surface area contributed by atoms with Gasteiger partial charge < -0.3 is 5.32 Å². The molecule has 0 bridgehead atoms. The van der Waals surface area contributed by atoms with Crippen LogP contribution in [0.1, 0.15) is 16.8 Å². The van der Waals surface area contributed by atoms with Crippen molar-refractivity contribution in [3.05, 3.63) is 63.2 Å². The van der Waals surface area contributed by atoms with Crippen molar-refractivity contribution in [2.24, 2.45) is 0 Å². The van der Waals surface area contributed by atoms with Crippen LogP contribution in [0.5, 0.6) is 0 Å². The fourth-order valence-corrected chi connectivity index (χ4v) is 2.01. The normalized spacial score (nSPS) is 10.3. The summed E-state index contributed by atoms with van der Waals surface area (Å²) in [7, 11) is 0.